The lowest BCUT2D eigenvalue weighted by Crippen LogP contribution is -2.47. The molecule has 0 atom stereocenters. The maximum atomic E-state index is 12.8. The van der Waals surface area contributed by atoms with E-state index in [2.05, 4.69) is 46.3 Å². The molecule has 0 aromatic heterocycles. The van der Waals surface area contributed by atoms with Crippen LogP contribution >= 0.6 is 15.9 Å². The SMILES string of the molecule is CC(C)(C)OC(=O)N1CCC(c2ccccc2)(c2cc(CCCOc3ccc(CCBr)cc3)ccc2O)CC1. The van der Waals surface area contributed by atoms with Gasteiger partial charge in [-0.05, 0) is 87.8 Å². The number of alkyl halides is 1. The second kappa shape index (κ2) is 12.9. The van der Waals surface area contributed by atoms with Crippen molar-refractivity contribution in [2.45, 2.75) is 63.9 Å². The molecule has 0 saturated carbocycles. The van der Waals surface area contributed by atoms with Crippen molar-refractivity contribution in [3.05, 3.63) is 95.1 Å². The van der Waals surface area contributed by atoms with Gasteiger partial charge in [0.05, 0.1) is 6.61 Å². The van der Waals surface area contributed by atoms with Gasteiger partial charge in [0.1, 0.15) is 17.1 Å². The zero-order valence-corrected chi connectivity index (χ0v) is 24.9. The fourth-order valence-corrected chi connectivity index (χ4v) is 5.78. The summed E-state index contributed by atoms with van der Waals surface area (Å²) in [5.41, 5.74) is 3.64. The number of halogens is 1. The van der Waals surface area contributed by atoms with E-state index in [1.807, 2.05) is 63.2 Å². The number of hydrogen-bond donors (Lipinski definition) is 1. The highest BCUT2D eigenvalue weighted by atomic mass is 79.9. The lowest BCUT2D eigenvalue weighted by atomic mass is 9.67. The predicted molar refractivity (Wildman–Crippen MR) is 160 cm³/mol. The van der Waals surface area contributed by atoms with Crippen molar-refractivity contribution in [1.29, 1.82) is 0 Å². The van der Waals surface area contributed by atoms with Gasteiger partial charge in [0, 0.05) is 29.4 Å². The van der Waals surface area contributed by atoms with E-state index >= 15 is 0 Å². The normalized spacial score (nSPS) is 15.1. The summed E-state index contributed by atoms with van der Waals surface area (Å²) in [7, 11) is 0. The molecule has 1 heterocycles. The molecule has 1 aliphatic rings. The van der Waals surface area contributed by atoms with Crippen molar-refractivity contribution in [2.75, 3.05) is 25.0 Å². The van der Waals surface area contributed by atoms with Gasteiger partial charge < -0.3 is 19.5 Å². The molecule has 0 aliphatic carbocycles. The lowest BCUT2D eigenvalue weighted by molar-refractivity contribution is 0.0179. The van der Waals surface area contributed by atoms with Gasteiger partial charge in [0.2, 0.25) is 0 Å². The quantitative estimate of drug-likeness (QED) is 0.204. The first-order valence-electron chi connectivity index (χ1n) is 13.8. The Balaban J connectivity index is 1.47. The van der Waals surface area contributed by atoms with E-state index in [1.54, 1.807) is 4.90 Å². The van der Waals surface area contributed by atoms with Crippen LogP contribution in [0.25, 0.3) is 0 Å². The van der Waals surface area contributed by atoms with Crippen LogP contribution in [0, 0.1) is 0 Å². The number of carbonyl (C=O) groups excluding carboxylic acids is 1. The smallest absolute Gasteiger partial charge is 0.410 e. The van der Waals surface area contributed by atoms with E-state index in [0.29, 0.717) is 38.3 Å². The molecule has 1 N–H and O–H groups in total. The van der Waals surface area contributed by atoms with Gasteiger partial charge in [-0.25, -0.2) is 4.79 Å². The number of likely N-dealkylation sites (tertiary alicyclic amines) is 1. The molecule has 0 bridgehead atoms. The Bertz CT molecular complexity index is 1210. The number of benzene rings is 3. The van der Waals surface area contributed by atoms with Gasteiger partial charge in [0.15, 0.2) is 0 Å². The monoisotopic (exact) mass is 593 g/mol. The average molecular weight is 595 g/mol. The van der Waals surface area contributed by atoms with Crippen molar-refractivity contribution in [3.63, 3.8) is 0 Å². The third-order valence-electron chi connectivity index (χ3n) is 7.36. The molecule has 1 fully saturated rings. The first kappa shape index (κ1) is 29.0. The van der Waals surface area contributed by atoms with Crippen molar-refractivity contribution in [1.82, 2.24) is 4.90 Å². The standard InChI is InChI=1S/C33H40BrNO4/c1-32(2,3)39-31(37)35-21-18-33(19-22-35,27-9-5-4-6-10-27)29-24-26(13-16-30(29)36)8-7-23-38-28-14-11-25(12-15-28)17-20-34/h4-6,9-16,24,36H,7-8,17-23H2,1-3H3. The van der Waals surface area contributed by atoms with Gasteiger partial charge in [-0.1, -0.05) is 70.5 Å². The second-order valence-electron chi connectivity index (χ2n) is 11.3. The van der Waals surface area contributed by atoms with Crippen LogP contribution in [-0.4, -0.2) is 46.7 Å². The molecule has 208 valence electrons. The Hall–Kier alpha value is -2.99. The summed E-state index contributed by atoms with van der Waals surface area (Å²) in [6, 6.07) is 24.6. The Labute approximate surface area is 241 Å². The molecule has 5 nitrogen and oxygen atoms in total. The summed E-state index contributed by atoms with van der Waals surface area (Å²) in [4.78, 5) is 14.5. The molecule has 3 aromatic rings. The van der Waals surface area contributed by atoms with Crippen LogP contribution in [-0.2, 0) is 23.0 Å². The number of phenolic OH excluding ortho intramolecular Hbond substituents is 1. The zero-order valence-electron chi connectivity index (χ0n) is 23.3. The number of nitrogens with zero attached hydrogens (tertiary/aromatic N) is 1. The van der Waals surface area contributed by atoms with E-state index in [0.717, 1.165) is 41.5 Å². The van der Waals surface area contributed by atoms with Crippen LogP contribution in [0.15, 0.2) is 72.8 Å². The van der Waals surface area contributed by atoms with Crippen LogP contribution in [0.5, 0.6) is 11.5 Å². The fraction of sp³-hybridized carbons (Fsp3) is 0.424. The number of aryl methyl sites for hydroxylation is 2. The number of rotatable bonds is 9. The van der Waals surface area contributed by atoms with E-state index in [9.17, 15) is 9.90 Å². The van der Waals surface area contributed by atoms with Crippen molar-refractivity contribution < 1.29 is 19.4 Å². The molecular formula is C33H40BrNO4. The minimum absolute atomic E-state index is 0.278. The van der Waals surface area contributed by atoms with Gasteiger partial charge in [-0.15, -0.1) is 0 Å². The minimum atomic E-state index is -0.530. The van der Waals surface area contributed by atoms with Crippen molar-refractivity contribution >= 4 is 22.0 Å². The topological polar surface area (TPSA) is 59.0 Å². The highest BCUT2D eigenvalue weighted by Crippen LogP contribution is 2.45. The number of ether oxygens (including phenoxy) is 2. The van der Waals surface area contributed by atoms with E-state index < -0.39 is 5.60 Å². The Morgan fingerprint density at radius 1 is 0.949 bits per heavy atom. The summed E-state index contributed by atoms with van der Waals surface area (Å²) in [5, 5.41) is 12.0. The molecule has 3 aromatic carbocycles. The fourth-order valence-electron chi connectivity index (χ4n) is 5.32. The molecule has 1 amide bonds. The van der Waals surface area contributed by atoms with E-state index in [-0.39, 0.29) is 11.5 Å². The molecule has 1 aliphatic heterocycles. The number of hydrogen-bond acceptors (Lipinski definition) is 4. The van der Waals surface area contributed by atoms with Gasteiger partial charge in [0.25, 0.3) is 0 Å². The predicted octanol–water partition coefficient (Wildman–Crippen LogP) is 7.66. The number of aromatic hydroxyl groups is 1. The molecule has 4 rings (SSSR count). The van der Waals surface area contributed by atoms with Crippen LogP contribution in [0.2, 0.25) is 0 Å². The molecular weight excluding hydrogens is 554 g/mol. The van der Waals surface area contributed by atoms with E-state index in [4.69, 9.17) is 9.47 Å². The molecule has 0 spiro atoms. The number of carbonyl (C=O) groups is 1. The summed E-state index contributed by atoms with van der Waals surface area (Å²) in [6.45, 7) is 7.42. The highest BCUT2D eigenvalue weighted by molar-refractivity contribution is 9.09. The largest absolute Gasteiger partial charge is 0.508 e. The summed E-state index contributed by atoms with van der Waals surface area (Å²) >= 11 is 3.48. The van der Waals surface area contributed by atoms with Gasteiger partial charge in [-0.2, -0.15) is 0 Å². The van der Waals surface area contributed by atoms with Crippen LogP contribution in [0.1, 0.15) is 62.3 Å². The molecule has 0 unspecified atom stereocenters. The maximum absolute atomic E-state index is 12.8. The lowest BCUT2D eigenvalue weighted by Gasteiger charge is -2.43. The second-order valence-corrected chi connectivity index (χ2v) is 12.1. The summed E-state index contributed by atoms with van der Waals surface area (Å²) in [6.07, 6.45) is 3.87. The number of amides is 1. The Kier molecular flexibility index (Phi) is 9.60. The van der Waals surface area contributed by atoms with Crippen LogP contribution in [0.3, 0.4) is 0 Å². The molecule has 1 saturated heterocycles. The molecule has 0 radical (unpaired) electrons. The zero-order chi connectivity index (χ0) is 27.9. The van der Waals surface area contributed by atoms with E-state index in [1.165, 1.54) is 11.1 Å². The average Bonchev–Trinajstić information content (AvgIpc) is 2.92. The minimum Gasteiger partial charge on any atom is -0.508 e. The molecule has 6 heteroatoms. The molecule has 39 heavy (non-hydrogen) atoms. The summed E-state index contributed by atoms with van der Waals surface area (Å²) in [5.74, 6) is 1.19. The first-order chi connectivity index (χ1) is 18.7. The van der Waals surface area contributed by atoms with Crippen LogP contribution < -0.4 is 4.74 Å². The summed E-state index contributed by atoms with van der Waals surface area (Å²) < 4.78 is 11.6. The van der Waals surface area contributed by atoms with Gasteiger partial charge in [-0.3, -0.25) is 0 Å². The third kappa shape index (κ3) is 7.57. The maximum Gasteiger partial charge on any atom is 0.410 e. The Morgan fingerprint density at radius 2 is 1.62 bits per heavy atom. The van der Waals surface area contributed by atoms with Crippen LogP contribution in [0.4, 0.5) is 4.79 Å². The number of phenols is 1. The van der Waals surface area contributed by atoms with Gasteiger partial charge >= 0.3 is 6.09 Å². The number of piperidine rings is 1. The highest BCUT2D eigenvalue weighted by Gasteiger charge is 2.41. The third-order valence-corrected chi connectivity index (χ3v) is 7.75. The Morgan fingerprint density at radius 3 is 2.26 bits per heavy atom. The van der Waals surface area contributed by atoms with Crippen molar-refractivity contribution in [2.24, 2.45) is 0 Å². The van der Waals surface area contributed by atoms with Crippen molar-refractivity contribution in [3.8, 4) is 11.5 Å². The first-order valence-corrected chi connectivity index (χ1v) is 15.0.